The van der Waals surface area contributed by atoms with Crippen LogP contribution in [0.2, 0.25) is 0 Å². The lowest BCUT2D eigenvalue weighted by Gasteiger charge is -2.24. The predicted octanol–water partition coefficient (Wildman–Crippen LogP) is 4.72. The summed E-state index contributed by atoms with van der Waals surface area (Å²) in [5.41, 5.74) is 2.45. The van der Waals surface area contributed by atoms with Crippen molar-refractivity contribution in [2.45, 2.75) is 64.4 Å². The maximum atomic E-state index is 4.55. The Morgan fingerprint density at radius 3 is 2.35 bits per heavy atom. The Bertz CT molecular complexity index is 325. The Hall–Kier alpha value is -0.0900. The molecule has 3 atom stereocenters. The number of hydrogen-bond donors (Lipinski definition) is 0. The van der Waals surface area contributed by atoms with Gasteiger partial charge in [0.05, 0.1) is 28.4 Å². The first-order valence-corrected chi connectivity index (χ1v) is 8.27. The first-order chi connectivity index (χ1) is 8.13. The lowest BCUT2D eigenvalue weighted by molar-refractivity contribution is 0.538. The summed E-state index contributed by atoms with van der Waals surface area (Å²) in [5, 5.41) is 1.21. The molecule has 2 unspecified atom stereocenters. The van der Waals surface area contributed by atoms with Crippen LogP contribution in [-0.4, -0.2) is 14.0 Å². The van der Waals surface area contributed by atoms with Gasteiger partial charge in [0.25, 0.3) is 0 Å². The van der Waals surface area contributed by atoms with E-state index in [9.17, 15) is 0 Å². The molecule has 0 fully saturated rings. The topological polar surface area (TPSA) is 25.8 Å². The summed E-state index contributed by atoms with van der Waals surface area (Å²) >= 11 is 3.44. The van der Waals surface area contributed by atoms with Crippen LogP contribution in [0.3, 0.4) is 0 Å². The van der Waals surface area contributed by atoms with E-state index in [2.05, 4.69) is 55.1 Å². The molecule has 1 heterocycles. The van der Waals surface area contributed by atoms with E-state index in [0.29, 0.717) is 16.4 Å². The fourth-order valence-electron chi connectivity index (χ4n) is 1.70. The molecule has 1 aromatic rings. The van der Waals surface area contributed by atoms with Gasteiger partial charge in [-0.05, 0) is 18.8 Å². The Morgan fingerprint density at radius 2 is 1.82 bits per heavy atom. The van der Waals surface area contributed by atoms with Crippen LogP contribution in [0.25, 0.3) is 0 Å². The fraction of sp³-hybridized carbons (Fsp3) is 0.846. The molecule has 98 valence electrons. The van der Waals surface area contributed by atoms with Crippen LogP contribution in [0, 0.1) is 5.92 Å². The van der Waals surface area contributed by atoms with E-state index in [1.54, 1.807) is 0 Å². The van der Waals surface area contributed by atoms with E-state index < -0.39 is 0 Å². The van der Waals surface area contributed by atoms with Gasteiger partial charge in [-0.1, -0.05) is 41.0 Å². The molecule has 4 heteroatoms. The lowest BCUT2D eigenvalue weighted by Crippen LogP contribution is -2.11. The molecule has 1 rings (SSSR count). The summed E-state index contributed by atoms with van der Waals surface area (Å²) in [5.74, 6) is 0.670. The smallest absolute Gasteiger partial charge is 0.0907 e. The highest BCUT2D eigenvalue weighted by Gasteiger charge is 2.25. The average molecular weight is 272 g/mol. The molecule has 1 aromatic heterocycles. The van der Waals surface area contributed by atoms with Crippen LogP contribution in [-0.2, 0) is 6.42 Å². The molecule has 0 aliphatic carbocycles. The van der Waals surface area contributed by atoms with Crippen molar-refractivity contribution in [2.75, 3.05) is 0 Å². The van der Waals surface area contributed by atoms with Crippen molar-refractivity contribution in [3.63, 3.8) is 0 Å². The molecule has 0 radical (unpaired) electrons. The highest BCUT2D eigenvalue weighted by molar-refractivity contribution is 8.00. The fourth-order valence-corrected chi connectivity index (χ4v) is 3.91. The maximum absolute atomic E-state index is 4.55. The standard InChI is InChI=1S/C13H24N2S2/c1-6-9(4)13(16-10(5)7-2)12-11(8-3)14-17-15-12/h9-10,13H,6-8H2,1-5H3/t9-,10?,13?/m1/s1. The van der Waals surface area contributed by atoms with E-state index in [1.165, 1.54) is 36.0 Å². The zero-order valence-electron chi connectivity index (χ0n) is 11.6. The third kappa shape index (κ3) is 3.95. The number of hydrogen-bond acceptors (Lipinski definition) is 4. The van der Waals surface area contributed by atoms with E-state index >= 15 is 0 Å². The van der Waals surface area contributed by atoms with Gasteiger partial charge in [-0.25, -0.2) is 0 Å². The predicted molar refractivity (Wildman–Crippen MR) is 78.8 cm³/mol. The minimum Gasteiger partial charge on any atom is -0.178 e. The van der Waals surface area contributed by atoms with Gasteiger partial charge in [0, 0.05) is 5.25 Å². The average Bonchev–Trinajstić information content (AvgIpc) is 2.82. The molecule has 0 N–H and O–H groups in total. The minimum atomic E-state index is 0.517. The number of aromatic nitrogens is 2. The Kier molecular flexibility index (Phi) is 6.49. The second-order valence-corrected chi connectivity index (χ2v) is 6.72. The molecular formula is C13H24N2S2. The summed E-state index contributed by atoms with van der Waals surface area (Å²) in [6.45, 7) is 11.3. The van der Waals surface area contributed by atoms with E-state index in [1.807, 2.05) is 0 Å². The second kappa shape index (κ2) is 7.37. The van der Waals surface area contributed by atoms with Gasteiger partial charge in [0.2, 0.25) is 0 Å². The van der Waals surface area contributed by atoms with E-state index in [0.717, 1.165) is 6.42 Å². The molecule has 0 aromatic carbocycles. The molecular weight excluding hydrogens is 248 g/mol. The molecule has 0 aliphatic heterocycles. The highest BCUT2D eigenvalue weighted by Crippen LogP contribution is 2.41. The minimum absolute atomic E-state index is 0.517. The molecule has 0 spiro atoms. The molecule has 0 saturated heterocycles. The van der Waals surface area contributed by atoms with Gasteiger partial charge >= 0.3 is 0 Å². The Morgan fingerprint density at radius 1 is 1.12 bits per heavy atom. The zero-order chi connectivity index (χ0) is 12.8. The van der Waals surface area contributed by atoms with Crippen LogP contribution in [0.1, 0.15) is 64.1 Å². The quantitative estimate of drug-likeness (QED) is 0.718. The number of thioether (sulfide) groups is 1. The van der Waals surface area contributed by atoms with Gasteiger partial charge in [0.1, 0.15) is 0 Å². The molecule has 2 nitrogen and oxygen atoms in total. The van der Waals surface area contributed by atoms with Crippen molar-refractivity contribution in [1.29, 1.82) is 0 Å². The SMILES string of the molecule is CCc1nsnc1C(SC(C)CC)[C@H](C)CC. The van der Waals surface area contributed by atoms with Gasteiger partial charge in [-0.15, -0.1) is 11.8 Å². The third-order valence-corrected chi connectivity index (χ3v) is 5.66. The first kappa shape index (κ1) is 15.0. The van der Waals surface area contributed by atoms with Crippen LogP contribution >= 0.6 is 23.5 Å². The van der Waals surface area contributed by atoms with Crippen molar-refractivity contribution in [3.8, 4) is 0 Å². The van der Waals surface area contributed by atoms with Crippen LogP contribution < -0.4 is 0 Å². The molecule has 0 saturated carbocycles. The molecule has 0 bridgehead atoms. The summed E-state index contributed by atoms with van der Waals surface area (Å²) in [6, 6.07) is 0. The summed E-state index contributed by atoms with van der Waals surface area (Å²) in [6.07, 6.45) is 3.42. The van der Waals surface area contributed by atoms with Crippen LogP contribution in [0.4, 0.5) is 0 Å². The largest absolute Gasteiger partial charge is 0.178 e. The summed E-state index contributed by atoms with van der Waals surface area (Å²) in [7, 11) is 0. The maximum Gasteiger partial charge on any atom is 0.0907 e. The summed E-state index contributed by atoms with van der Waals surface area (Å²) in [4.78, 5) is 0. The van der Waals surface area contributed by atoms with Crippen molar-refractivity contribution >= 4 is 23.5 Å². The Labute approximate surface area is 114 Å². The van der Waals surface area contributed by atoms with Crippen molar-refractivity contribution in [3.05, 3.63) is 11.4 Å². The van der Waals surface area contributed by atoms with E-state index in [4.69, 9.17) is 0 Å². The summed E-state index contributed by atoms with van der Waals surface area (Å²) < 4.78 is 8.98. The molecule has 17 heavy (non-hydrogen) atoms. The number of nitrogens with zero attached hydrogens (tertiary/aromatic N) is 2. The zero-order valence-corrected chi connectivity index (χ0v) is 13.2. The van der Waals surface area contributed by atoms with Gasteiger partial charge in [-0.2, -0.15) is 8.75 Å². The highest BCUT2D eigenvalue weighted by atomic mass is 32.2. The molecule has 0 amide bonds. The van der Waals surface area contributed by atoms with Crippen molar-refractivity contribution < 1.29 is 0 Å². The van der Waals surface area contributed by atoms with Crippen LogP contribution in [0.5, 0.6) is 0 Å². The number of rotatable bonds is 7. The van der Waals surface area contributed by atoms with Gasteiger partial charge in [0.15, 0.2) is 0 Å². The lowest BCUT2D eigenvalue weighted by atomic mass is 10.0. The van der Waals surface area contributed by atoms with Crippen molar-refractivity contribution in [2.24, 2.45) is 5.92 Å². The van der Waals surface area contributed by atoms with Crippen molar-refractivity contribution in [1.82, 2.24) is 8.75 Å². The second-order valence-electron chi connectivity index (χ2n) is 4.61. The van der Waals surface area contributed by atoms with Gasteiger partial charge < -0.3 is 0 Å². The number of aryl methyl sites for hydroxylation is 1. The third-order valence-electron chi connectivity index (χ3n) is 3.30. The Balaban J connectivity index is 2.89. The van der Waals surface area contributed by atoms with E-state index in [-0.39, 0.29) is 0 Å². The molecule has 0 aliphatic rings. The van der Waals surface area contributed by atoms with Crippen LogP contribution in [0.15, 0.2) is 0 Å². The first-order valence-electron chi connectivity index (χ1n) is 6.60. The monoisotopic (exact) mass is 272 g/mol. The van der Waals surface area contributed by atoms with Gasteiger partial charge in [-0.3, -0.25) is 0 Å². The normalized spacial score (nSPS) is 16.8.